The summed E-state index contributed by atoms with van der Waals surface area (Å²) in [6.45, 7) is 0. The van der Waals surface area contributed by atoms with Gasteiger partial charge in [-0.1, -0.05) is 36.4 Å². The molecule has 2 heteroatoms. The molecular formula is C16H18O2. The van der Waals surface area contributed by atoms with E-state index < -0.39 is 0 Å². The molecule has 0 aliphatic heterocycles. The van der Waals surface area contributed by atoms with Crippen LogP contribution in [0.15, 0.2) is 48.5 Å². The number of rotatable bonds is 5. The van der Waals surface area contributed by atoms with Gasteiger partial charge in [0.25, 0.3) is 0 Å². The fourth-order valence-electron chi connectivity index (χ4n) is 2.05. The summed E-state index contributed by atoms with van der Waals surface area (Å²) in [5.41, 5.74) is 2.26. The Morgan fingerprint density at radius 1 is 0.778 bits per heavy atom. The van der Waals surface area contributed by atoms with Gasteiger partial charge in [0.1, 0.15) is 11.5 Å². The Hall–Kier alpha value is -1.96. The molecule has 0 bridgehead atoms. The van der Waals surface area contributed by atoms with Gasteiger partial charge < -0.3 is 10.2 Å². The number of aryl methyl sites for hydroxylation is 2. The number of benzene rings is 2. The summed E-state index contributed by atoms with van der Waals surface area (Å²) in [5.74, 6) is 0.301. The first-order valence-electron chi connectivity index (χ1n) is 6.30. The zero-order valence-corrected chi connectivity index (χ0v) is 10.3. The van der Waals surface area contributed by atoms with E-state index in [4.69, 9.17) is 0 Å². The lowest BCUT2D eigenvalue weighted by Crippen LogP contribution is -1.89. The molecule has 0 spiro atoms. The van der Waals surface area contributed by atoms with Crippen LogP contribution in [0.25, 0.3) is 0 Å². The van der Waals surface area contributed by atoms with Crippen LogP contribution in [-0.2, 0) is 12.8 Å². The van der Waals surface area contributed by atoms with Crippen LogP contribution >= 0.6 is 0 Å². The predicted octanol–water partition coefficient (Wildman–Crippen LogP) is 3.66. The molecule has 0 aliphatic rings. The average Bonchev–Trinajstić information content (AvgIpc) is 2.38. The van der Waals surface area contributed by atoms with E-state index in [2.05, 4.69) is 24.3 Å². The monoisotopic (exact) mass is 242 g/mol. The van der Waals surface area contributed by atoms with E-state index in [9.17, 15) is 10.2 Å². The quantitative estimate of drug-likeness (QED) is 0.785. The Balaban J connectivity index is 1.79. The molecule has 2 aromatic rings. The van der Waals surface area contributed by atoms with Crippen molar-refractivity contribution in [2.45, 2.75) is 25.7 Å². The van der Waals surface area contributed by atoms with Crippen LogP contribution in [-0.4, -0.2) is 10.2 Å². The highest BCUT2D eigenvalue weighted by Crippen LogP contribution is 2.24. The molecule has 18 heavy (non-hydrogen) atoms. The van der Waals surface area contributed by atoms with Crippen molar-refractivity contribution in [1.82, 2.24) is 0 Å². The molecule has 0 radical (unpaired) electrons. The highest BCUT2D eigenvalue weighted by atomic mass is 16.3. The molecule has 94 valence electrons. The lowest BCUT2D eigenvalue weighted by molar-refractivity contribution is 0.445. The highest BCUT2D eigenvalue weighted by molar-refractivity contribution is 5.38. The molecule has 2 nitrogen and oxygen atoms in total. The highest BCUT2D eigenvalue weighted by Gasteiger charge is 2.02. The van der Waals surface area contributed by atoms with Gasteiger partial charge in [0.15, 0.2) is 0 Å². The zero-order chi connectivity index (χ0) is 12.8. The molecule has 0 atom stereocenters. The van der Waals surface area contributed by atoms with Gasteiger partial charge in [0.05, 0.1) is 0 Å². The molecule has 0 saturated carbocycles. The van der Waals surface area contributed by atoms with Crippen molar-refractivity contribution in [2.75, 3.05) is 0 Å². The number of phenols is 2. The number of unbranched alkanes of at least 4 members (excludes halogenated alkanes) is 1. The maximum Gasteiger partial charge on any atom is 0.122 e. The maximum atomic E-state index is 9.65. The summed E-state index contributed by atoms with van der Waals surface area (Å²) in [6.07, 6.45) is 4.05. The van der Waals surface area contributed by atoms with Crippen LogP contribution in [0.1, 0.15) is 24.0 Å². The number of hydrogen-bond donors (Lipinski definition) is 2. The van der Waals surface area contributed by atoms with Crippen molar-refractivity contribution in [3.63, 3.8) is 0 Å². The fraction of sp³-hybridized carbons (Fsp3) is 0.250. The lowest BCUT2D eigenvalue weighted by Gasteiger charge is -2.05. The molecule has 2 N–H and O–H groups in total. The van der Waals surface area contributed by atoms with Gasteiger partial charge in [-0.15, -0.1) is 0 Å². The summed E-state index contributed by atoms with van der Waals surface area (Å²) < 4.78 is 0. The third-order valence-corrected chi connectivity index (χ3v) is 3.07. The summed E-state index contributed by atoms with van der Waals surface area (Å²) >= 11 is 0. The molecule has 2 rings (SSSR count). The van der Waals surface area contributed by atoms with Crippen LogP contribution in [0.2, 0.25) is 0 Å². The van der Waals surface area contributed by atoms with Crippen LogP contribution in [0, 0.1) is 0 Å². The first-order chi connectivity index (χ1) is 8.75. The second-order valence-electron chi connectivity index (χ2n) is 4.51. The van der Waals surface area contributed by atoms with Gasteiger partial charge in [-0.3, -0.25) is 0 Å². The molecule has 0 amide bonds. The van der Waals surface area contributed by atoms with E-state index in [0.29, 0.717) is 0 Å². The third-order valence-electron chi connectivity index (χ3n) is 3.07. The molecule has 0 aromatic heterocycles. The summed E-state index contributed by atoms with van der Waals surface area (Å²) in [5, 5.41) is 18.8. The molecule has 0 fully saturated rings. The predicted molar refractivity (Wildman–Crippen MR) is 72.9 cm³/mol. The van der Waals surface area contributed by atoms with Crippen LogP contribution in [0.3, 0.4) is 0 Å². The van der Waals surface area contributed by atoms with Gasteiger partial charge in [-0.25, -0.2) is 0 Å². The SMILES string of the molecule is Oc1ccc(CCCCc2ccccc2)c(O)c1. The van der Waals surface area contributed by atoms with E-state index in [1.54, 1.807) is 12.1 Å². The Morgan fingerprint density at radius 3 is 2.22 bits per heavy atom. The lowest BCUT2D eigenvalue weighted by atomic mass is 10.0. The van der Waals surface area contributed by atoms with Crippen molar-refractivity contribution in [2.24, 2.45) is 0 Å². The Kier molecular flexibility index (Phi) is 4.24. The largest absolute Gasteiger partial charge is 0.508 e. The number of aromatic hydroxyl groups is 2. The fourth-order valence-corrected chi connectivity index (χ4v) is 2.05. The average molecular weight is 242 g/mol. The number of hydrogen-bond acceptors (Lipinski definition) is 2. The maximum absolute atomic E-state index is 9.65. The Morgan fingerprint density at radius 2 is 1.50 bits per heavy atom. The topological polar surface area (TPSA) is 40.5 Å². The minimum atomic E-state index is 0.112. The summed E-state index contributed by atoms with van der Waals surface area (Å²) in [7, 11) is 0. The second kappa shape index (κ2) is 6.10. The van der Waals surface area contributed by atoms with Gasteiger partial charge in [-0.05, 0) is 42.9 Å². The van der Waals surface area contributed by atoms with Crippen molar-refractivity contribution < 1.29 is 10.2 Å². The third kappa shape index (κ3) is 3.52. The first kappa shape index (κ1) is 12.5. The summed E-state index contributed by atoms with van der Waals surface area (Å²) in [6, 6.07) is 15.2. The number of phenolic OH excluding ortho intramolecular Hbond substituents is 2. The zero-order valence-electron chi connectivity index (χ0n) is 10.3. The second-order valence-corrected chi connectivity index (χ2v) is 4.51. The Labute approximate surface area is 108 Å². The molecule has 0 unspecified atom stereocenters. The van der Waals surface area contributed by atoms with E-state index >= 15 is 0 Å². The van der Waals surface area contributed by atoms with Crippen molar-refractivity contribution in [1.29, 1.82) is 0 Å². The van der Waals surface area contributed by atoms with E-state index in [1.807, 2.05) is 6.07 Å². The van der Waals surface area contributed by atoms with Gasteiger partial charge in [0.2, 0.25) is 0 Å². The Bertz CT molecular complexity index is 492. The van der Waals surface area contributed by atoms with E-state index in [1.165, 1.54) is 11.6 Å². The van der Waals surface area contributed by atoms with E-state index in [-0.39, 0.29) is 11.5 Å². The minimum Gasteiger partial charge on any atom is -0.508 e. The molecule has 0 aliphatic carbocycles. The van der Waals surface area contributed by atoms with Crippen LogP contribution in [0.5, 0.6) is 11.5 Å². The van der Waals surface area contributed by atoms with Crippen molar-refractivity contribution in [3.05, 3.63) is 59.7 Å². The van der Waals surface area contributed by atoms with Crippen molar-refractivity contribution >= 4 is 0 Å². The van der Waals surface area contributed by atoms with Crippen molar-refractivity contribution in [3.8, 4) is 11.5 Å². The normalized spacial score (nSPS) is 10.4. The molecule has 2 aromatic carbocycles. The van der Waals surface area contributed by atoms with Gasteiger partial charge >= 0.3 is 0 Å². The minimum absolute atomic E-state index is 0.112. The molecule has 0 heterocycles. The van der Waals surface area contributed by atoms with Gasteiger partial charge in [-0.2, -0.15) is 0 Å². The van der Waals surface area contributed by atoms with Crippen LogP contribution in [0.4, 0.5) is 0 Å². The van der Waals surface area contributed by atoms with E-state index in [0.717, 1.165) is 31.2 Å². The molecular weight excluding hydrogens is 224 g/mol. The standard InChI is InChI=1S/C16H18O2/c17-15-11-10-14(16(18)12-15)9-5-4-8-13-6-2-1-3-7-13/h1-3,6-7,10-12,17-18H,4-5,8-9H2. The smallest absolute Gasteiger partial charge is 0.122 e. The first-order valence-corrected chi connectivity index (χ1v) is 6.30. The molecule has 0 saturated heterocycles. The van der Waals surface area contributed by atoms with Gasteiger partial charge in [0, 0.05) is 6.07 Å². The van der Waals surface area contributed by atoms with Crippen LogP contribution < -0.4 is 0 Å². The summed E-state index contributed by atoms with van der Waals surface area (Å²) in [4.78, 5) is 0.